The van der Waals surface area contributed by atoms with E-state index in [-0.39, 0.29) is 0 Å². The van der Waals surface area contributed by atoms with Crippen molar-refractivity contribution in [1.82, 2.24) is 10.2 Å². The highest BCUT2D eigenvalue weighted by molar-refractivity contribution is 9.10. The molecule has 18 heavy (non-hydrogen) atoms. The maximum atomic E-state index is 8.76. The number of anilines is 1. The van der Waals surface area contributed by atoms with Crippen LogP contribution >= 0.6 is 15.9 Å². The zero-order valence-corrected chi connectivity index (χ0v) is 11.6. The van der Waals surface area contributed by atoms with Gasteiger partial charge >= 0.3 is 0 Å². The highest BCUT2D eigenvalue weighted by atomic mass is 79.9. The molecule has 0 N–H and O–H groups in total. The van der Waals surface area contributed by atoms with Gasteiger partial charge in [-0.05, 0) is 36.8 Å². The highest BCUT2D eigenvalue weighted by Gasteiger charge is 2.07. The van der Waals surface area contributed by atoms with Crippen LogP contribution in [0.1, 0.15) is 5.56 Å². The number of nitrogens with zero attached hydrogens (tertiary/aromatic N) is 4. The number of rotatable bonds is 2. The summed E-state index contributed by atoms with van der Waals surface area (Å²) in [7, 11) is 1.65. The monoisotopic (exact) mass is 302 g/mol. The molecular formula is C13H11BrN4. The summed E-state index contributed by atoms with van der Waals surface area (Å²) in [5.74, 6) is 0.536. The minimum atomic E-state index is 0.536. The van der Waals surface area contributed by atoms with E-state index < -0.39 is 0 Å². The van der Waals surface area contributed by atoms with Crippen LogP contribution in [0.5, 0.6) is 0 Å². The second-order valence-corrected chi connectivity index (χ2v) is 4.81. The molecule has 0 amide bonds. The lowest BCUT2D eigenvalue weighted by Crippen LogP contribution is -2.10. The summed E-state index contributed by atoms with van der Waals surface area (Å²) >= 11 is 3.44. The molecule has 0 saturated heterocycles. The van der Waals surface area contributed by atoms with E-state index in [0.29, 0.717) is 5.82 Å². The fourth-order valence-electron chi connectivity index (χ4n) is 1.57. The summed E-state index contributed by atoms with van der Waals surface area (Å²) in [4.78, 5) is 1.37. The summed E-state index contributed by atoms with van der Waals surface area (Å²) in [5.41, 5.74) is 2.96. The van der Waals surface area contributed by atoms with Crippen molar-refractivity contribution in [2.45, 2.75) is 6.92 Å². The molecular weight excluding hydrogens is 292 g/mol. The Kier molecular flexibility index (Phi) is 3.58. The summed E-state index contributed by atoms with van der Waals surface area (Å²) in [6.07, 6.45) is 1.98. The molecule has 0 bridgehead atoms. The van der Waals surface area contributed by atoms with Gasteiger partial charge in [-0.15, -0.1) is 10.2 Å². The first kappa shape index (κ1) is 12.5. The Morgan fingerprint density at radius 3 is 2.61 bits per heavy atom. The minimum absolute atomic E-state index is 0.536. The van der Waals surface area contributed by atoms with Crippen molar-refractivity contribution in [2.75, 3.05) is 11.9 Å². The topological polar surface area (TPSA) is 52.8 Å². The normalized spacial score (nSPS) is 9.89. The van der Waals surface area contributed by atoms with Crippen molar-refractivity contribution in [3.8, 4) is 17.5 Å². The van der Waals surface area contributed by atoms with Crippen molar-refractivity contribution in [3.05, 3.63) is 40.4 Å². The van der Waals surface area contributed by atoms with Crippen LogP contribution in [0.15, 0.2) is 34.8 Å². The largest absolute Gasteiger partial charge is 0.265 e. The predicted molar refractivity (Wildman–Crippen MR) is 73.9 cm³/mol. The molecule has 1 aromatic heterocycles. The summed E-state index contributed by atoms with van der Waals surface area (Å²) < 4.78 is 1.00. The first-order valence-corrected chi connectivity index (χ1v) is 6.15. The molecule has 0 radical (unpaired) electrons. The third-order valence-corrected chi connectivity index (χ3v) is 3.11. The number of aryl methyl sites for hydroxylation is 1. The van der Waals surface area contributed by atoms with Crippen molar-refractivity contribution < 1.29 is 0 Å². The molecule has 0 spiro atoms. The van der Waals surface area contributed by atoms with E-state index in [9.17, 15) is 0 Å². The maximum absolute atomic E-state index is 8.76. The number of aromatic nitrogens is 2. The predicted octanol–water partition coefficient (Wildman–Crippen LogP) is 3.13. The first-order valence-electron chi connectivity index (χ1n) is 5.35. The van der Waals surface area contributed by atoms with E-state index in [2.05, 4.69) is 26.1 Å². The Balaban J connectivity index is 2.41. The molecule has 0 unspecified atom stereocenters. The van der Waals surface area contributed by atoms with Gasteiger partial charge in [0.15, 0.2) is 12.0 Å². The zero-order chi connectivity index (χ0) is 13.1. The summed E-state index contributed by atoms with van der Waals surface area (Å²) in [6.45, 7) is 2.03. The van der Waals surface area contributed by atoms with Crippen molar-refractivity contribution in [2.24, 2.45) is 0 Å². The van der Waals surface area contributed by atoms with E-state index in [1.807, 2.05) is 37.4 Å². The smallest absolute Gasteiger partial charge is 0.185 e. The van der Waals surface area contributed by atoms with E-state index in [1.54, 1.807) is 13.1 Å². The lowest BCUT2D eigenvalue weighted by molar-refractivity contribution is 0.992. The molecule has 0 aliphatic heterocycles. The van der Waals surface area contributed by atoms with E-state index in [0.717, 1.165) is 21.3 Å². The van der Waals surface area contributed by atoms with E-state index >= 15 is 0 Å². The maximum Gasteiger partial charge on any atom is 0.185 e. The van der Waals surface area contributed by atoms with Gasteiger partial charge in [0, 0.05) is 17.1 Å². The van der Waals surface area contributed by atoms with E-state index in [4.69, 9.17) is 5.26 Å². The number of benzene rings is 1. The number of hydrogen-bond acceptors (Lipinski definition) is 4. The molecule has 1 heterocycles. The minimum Gasteiger partial charge on any atom is -0.265 e. The molecule has 0 atom stereocenters. The second-order valence-electron chi connectivity index (χ2n) is 3.90. The van der Waals surface area contributed by atoms with Crippen LogP contribution in [0.25, 0.3) is 11.3 Å². The van der Waals surface area contributed by atoms with Crippen LogP contribution in [-0.4, -0.2) is 17.2 Å². The van der Waals surface area contributed by atoms with Gasteiger partial charge in [-0.3, -0.25) is 4.90 Å². The van der Waals surface area contributed by atoms with Crippen molar-refractivity contribution >= 4 is 21.7 Å². The number of nitriles is 1. The highest BCUT2D eigenvalue weighted by Crippen LogP contribution is 2.25. The molecule has 0 aliphatic carbocycles. The average Bonchev–Trinajstić information content (AvgIpc) is 2.41. The standard InChI is InChI=1S/C13H11BrN4/c1-9-3-4-10(14)7-11(9)12-5-6-13(17-16-12)18(2)8-15/h3-7H,1-2H3. The third kappa shape index (κ3) is 2.49. The molecule has 0 fully saturated rings. The van der Waals surface area contributed by atoms with Gasteiger partial charge in [0.1, 0.15) is 0 Å². The fourth-order valence-corrected chi connectivity index (χ4v) is 1.93. The molecule has 90 valence electrons. The number of halogens is 1. The average molecular weight is 303 g/mol. The van der Waals surface area contributed by atoms with Gasteiger partial charge in [0.25, 0.3) is 0 Å². The molecule has 2 rings (SSSR count). The Hall–Kier alpha value is -1.93. The van der Waals surface area contributed by atoms with Crippen LogP contribution in [0.4, 0.5) is 5.82 Å². The van der Waals surface area contributed by atoms with Gasteiger partial charge in [-0.2, -0.15) is 5.26 Å². The lowest BCUT2D eigenvalue weighted by atomic mass is 10.1. The lowest BCUT2D eigenvalue weighted by Gasteiger charge is -2.08. The molecule has 0 aliphatic rings. The summed E-state index contributed by atoms with van der Waals surface area (Å²) in [5, 5.41) is 16.9. The molecule has 1 aromatic carbocycles. The van der Waals surface area contributed by atoms with E-state index in [1.165, 1.54) is 4.90 Å². The first-order chi connectivity index (χ1) is 8.61. The summed E-state index contributed by atoms with van der Waals surface area (Å²) in [6, 6.07) is 9.67. The van der Waals surface area contributed by atoms with Crippen LogP contribution in [0, 0.1) is 18.4 Å². The second kappa shape index (κ2) is 5.15. The Labute approximate surface area is 114 Å². The van der Waals surface area contributed by atoms with Gasteiger partial charge in [-0.1, -0.05) is 22.0 Å². The van der Waals surface area contributed by atoms with Crippen LogP contribution in [0.2, 0.25) is 0 Å². The SMILES string of the molecule is Cc1ccc(Br)cc1-c1ccc(N(C)C#N)nn1. The van der Waals surface area contributed by atoms with Crippen molar-refractivity contribution in [3.63, 3.8) is 0 Å². The molecule has 2 aromatic rings. The van der Waals surface area contributed by atoms with Crippen LogP contribution in [0.3, 0.4) is 0 Å². The zero-order valence-electron chi connectivity index (χ0n) is 10.1. The van der Waals surface area contributed by atoms with Crippen LogP contribution < -0.4 is 4.90 Å². The van der Waals surface area contributed by atoms with Gasteiger partial charge in [0.2, 0.25) is 0 Å². The fraction of sp³-hybridized carbons (Fsp3) is 0.154. The number of hydrogen-bond donors (Lipinski definition) is 0. The third-order valence-electron chi connectivity index (χ3n) is 2.62. The molecule has 4 nitrogen and oxygen atoms in total. The van der Waals surface area contributed by atoms with Crippen LogP contribution in [-0.2, 0) is 0 Å². The quantitative estimate of drug-likeness (QED) is 0.632. The Morgan fingerprint density at radius 2 is 2.00 bits per heavy atom. The van der Waals surface area contributed by atoms with Crippen molar-refractivity contribution in [1.29, 1.82) is 5.26 Å². The molecule has 5 heteroatoms. The Morgan fingerprint density at radius 1 is 1.22 bits per heavy atom. The van der Waals surface area contributed by atoms with Gasteiger partial charge in [-0.25, -0.2) is 0 Å². The molecule has 0 saturated carbocycles. The van der Waals surface area contributed by atoms with Gasteiger partial charge in [0.05, 0.1) is 5.69 Å². The van der Waals surface area contributed by atoms with Gasteiger partial charge < -0.3 is 0 Å². The Bertz CT molecular complexity index is 601.